The van der Waals surface area contributed by atoms with Crippen LogP contribution in [0.5, 0.6) is 11.5 Å². The normalized spacial score (nSPS) is 14.9. The van der Waals surface area contributed by atoms with Gasteiger partial charge >= 0.3 is 12.0 Å². The summed E-state index contributed by atoms with van der Waals surface area (Å²) in [5.74, 6) is -0.401. The molecule has 1 heterocycles. The van der Waals surface area contributed by atoms with Gasteiger partial charge in [0.15, 0.2) is 17.6 Å². The standard InChI is InChI=1S/C15H18N2O6/c1-9(13(18)17-7-6-16-15(17)20)23-14(19)10-4-5-11(21-2)12(8-10)22-3/h4-5,8-9H,6-7H2,1-3H3,(H,16,20). The fourth-order valence-electron chi connectivity index (χ4n) is 2.14. The van der Waals surface area contributed by atoms with Crippen molar-refractivity contribution >= 4 is 17.9 Å². The van der Waals surface area contributed by atoms with Gasteiger partial charge < -0.3 is 19.5 Å². The molecule has 0 saturated carbocycles. The van der Waals surface area contributed by atoms with Gasteiger partial charge in [0.1, 0.15) is 0 Å². The molecule has 1 atom stereocenters. The van der Waals surface area contributed by atoms with Crippen LogP contribution in [0.1, 0.15) is 17.3 Å². The summed E-state index contributed by atoms with van der Waals surface area (Å²) in [4.78, 5) is 36.7. The molecule has 0 spiro atoms. The molecule has 1 unspecified atom stereocenters. The number of methoxy groups -OCH3 is 2. The molecule has 23 heavy (non-hydrogen) atoms. The first-order chi connectivity index (χ1) is 11.0. The van der Waals surface area contributed by atoms with Gasteiger partial charge in [-0.3, -0.25) is 9.69 Å². The molecule has 1 fully saturated rings. The molecule has 1 aromatic carbocycles. The molecule has 1 saturated heterocycles. The van der Waals surface area contributed by atoms with Crippen molar-refractivity contribution in [1.29, 1.82) is 0 Å². The molecular formula is C15H18N2O6. The predicted octanol–water partition coefficient (Wildman–Crippen LogP) is 0.801. The number of carbonyl (C=O) groups excluding carboxylic acids is 3. The Kier molecular flexibility index (Phi) is 5.05. The van der Waals surface area contributed by atoms with Gasteiger partial charge in [0, 0.05) is 13.1 Å². The van der Waals surface area contributed by atoms with Crippen LogP contribution in [0, 0.1) is 0 Å². The number of rotatable bonds is 5. The molecule has 0 aromatic heterocycles. The SMILES string of the molecule is COc1ccc(C(=O)OC(C)C(=O)N2CCNC2=O)cc1OC. The number of benzene rings is 1. The van der Waals surface area contributed by atoms with Crippen molar-refractivity contribution in [1.82, 2.24) is 10.2 Å². The molecule has 0 bridgehead atoms. The summed E-state index contributed by atoms with van der Waals surface area (Å²) in [7, 11) is 2.93. The van der Waals surface area contributed by atoms with E-state index in [9.17, 15) is 14.4 Å². The van der Waals surface area contributed by atoms with Crippen LogP contribution in [0.4, 0.5) is 4.79 Å². The van der Waals surface area contributed by atoms with Crippen molar-refractivity contribution in [3.63, 3.8) is 0 Å². The van der Waals surface area contributed by atoms with Crippen molar-refractivity contribution in [2.45, 2.75) is 13.0 Å². The minimum absolute atomic E-state index is 0.216. The lowest BCUT2D eigenvalue weighted by atomic mass is 10.2. The number of hydrogen-bond acceptors (Lipinski definition) is 6. The van der Waals surface area contributed by atoms with Crippen molar-refractivity contribution in [3.8, 4) is 11.5 Å². The molecule has 1 N–H and O–H groups in total. The zero-order chi connectivity index (χ0) is 17.0. The molecule has 1 aliphatic heterocycles. The van der Waals surface area contributed by atoms with Crippen LogP contribution in [-0.2, 0) is 9.53 Å². The van der Waals surface area contributed by atoms with Crippen LogP contribution >= 0.6 is 0 Å². The minimum atomic E-state index is -1.07. The zero-order valence-electron chi connectivity index (χ0n) is 13.1. The van der Waals surface area contributed by atoms with Crippen molar-refractivity contribution in [2.75, 3.05) is 27.3 Å². The van der Waals surface area contributed by atoms with E-state index in [4.69, 9.17) is 14.2 Å². The van der Waals surface area contributed by atoms with E-state index in [1.54, 1.807) is 6.07 Å². The van der Waals surface area contributed by atoms with Gasteiger partial charge in [0.25, 0.3) is 5.91 Å². The fraction of sp³-hybridized carbons (Fsp3) is 0.400. The zero-order valence-corrected chi connectivity index (χ0v) is 13.1. The summed E-state index contributed by atoms with van der Waals surface area (Å²) < 4.78 is 15.3. The quantitative estimate of drug-likeness (QED) is 0.806. The third kappa shape index (κ3) is 3.53. The summed E-state index contributed by atoms with van der Waals surface area (Å²) >= 11 is 0. The number of hydrogen-bond donors (Lipinski definition) is 1. The Morgan fingerprint density at radius 1 is 1.22 bits per heavy atom. The highest BCUT2D eigenvalue weighted by Crippen LogP contribution is 2.28. The molecular weight excluding hydrogens is 304 g/mol. The van der Waals surface area contributed by atoms with E-state index >= 15 is 0 Å². The first-order valence-electron chi connectivity index (χ1n) is 7.00. The molecule has 8 heteroatoms. The molecule has 2 rings (SSSR count). The molecule has 1 aromatic rings. The van der Waals surface area contributed by atoms with E-state index in [1.165, 1.54) is 33.3 Å². The number of imide groups is 1. The van der Waals surface area contributed by atoms with Gasteiger partial charge in [-0.15, -0.1) is 0 Å². The summed E-state index contributed by atoms with van der Waals surface area (Å²) in [5, 5.41) is 2.51. The maximum atomic E-state index is 12.1. The van der Waals surface area contributed by atoms with E-state index in [1.807, 2.05) is 0 Å². The molecule has 8 nitrogen and oxygen atoms in total. The lowest BCUT2D eigenvalue weighted by Crippen LogP contribution is -2.41. The number of ether oxygens (including phenoxy) is 3. The average Bonchev–Trinajstić information content (AvgIpc) is 2.99. The Morgan fingerprint density at radius 2 is 1.91 bits per heavy atom. The lowest BCUT2D eigenvalue weighted by molar-refractivity contribution is -0.136. The molecule has 3 amide bonds. The first kappa shape index (κ1) is 16.6. The van der Waals surface area contributed by atoms with Crippen LogP contribution in [0.2, 0.25) is 0 Å². The van der Waals surface area contributed by atoms with Gasteiger partial charge in [-0.25, -0.2) is 9.59 Å². The Hall–Kier alpha value is -2.77. The van der Waals surface area contributed by atoms with Crippen LogP contribution in [0.15, 0.2) is 18.2 Å². The highest BCUT2D eigenvalue weighted by Gasteiger charge is 2.31. The molecule has 0 aliphatic carbocycles. The highest BCUT2D eigenvalue weighted by atomic mass is 16.5. The van der Waals surface area contributed by atoms with Crippen LogP contribution in [-0.4, -0.2) is 56.2 Å². The van der Waals surface area contributed by atoms with E-state index < -0.39 is 24.0 Å². The van der Waals surface area contributed by atoms with Gasteiger partial charge in [-0.1, -0.05) is 0 Å². The number of nitrogens with one attached hydrogen (secondary N) is 1. The van der Waals surface area contributed by atoms with Crippen LogP contribution in [0.25, 0.3) is 0 Å². The van der Waals surface area contributed by atoms with Crippen LogP contribution in [0.3, 0.4) is 0 Å². The van der Waals surface area contributed by atoms with Gasteiger partial charge in [0.2, 0.25) is 0 Å². The maximum absolute atomic E-state index is 12.1. The summed E-state index contributed by atoms with van der Waals surface area (Å²) in [6.45, 7) is 2.07. The predicted molar refractivity (Wildman–Crippen MR) is 79.5 cm³/mol. The van der Waals surface area contributed by atoms with Gasteiger partial charge in [-0.2, -0.15) is 0 Å². The Balaban J connectivity index is 2.06. The summed E-state index contributed by atoms with van der Waals surface area (Å²) in [6, 6.07) is 4.05. The van der Waals surface area contributed by atoms with Gasteiger partial charge in [0.05, 0.1) is 19.8 Å². The lowest BCUT2D eigenvalue weighted by Gasteiger charge is -2.18. The molecule has 124 valence electrons. The maximum Gasteiger partial charge on any atom is 0.339 e. The van der Waals surface area contributed by atoms with Gasteiger partial charge in [-0.05, 0) is 25.1 Å². The van der Waals surface area contributed by atoms with Crippen molar-refractivity contribution in [3.05, 3.63) is 23.8 Å². The summed E-state index contributed by atoms with van der Waals surface area (Å²) in [6.07, 6.45) is -1.07. The Labute approximate surface area is 133 Å². The second-order valence-corrected chi connectivity index (χ2v) is 4.84. The minimum Gasteiger partial charge on any atom is -0.493 e. The molecule has 0 radical (unpaired) electrons. The largest absolute Gasteiger partial charge is 0.493 e. The van der Waals surface area contributed by atoms with Crippen LogP contribution < -0.4 is 14.8 Å². The van der Waals surface area contributed by atoms with Crippen molar-refractivity contribution < 1.29 is 28.6 Å². The number of carbonyl (C=O) groups is 3. The summed E-state index contributed by atoms with van der Waals surface area (Å²) in [5.41, 5.74) is 0.216. The van der Waals surface area contributed by atoms with Crippen molar-refractivity contribution in [2.24, 2.45) is 0 Å². The first-order valence-corrected chi connectivity index (χ1v) is 7.00. The number of urea groups is 1. The van der Waals surface area contributed by atoms with E-state index in [-0.39, 0.29) is 12.1 Å². The van der Waals surface area contributed by atoms with E-state index in [2.05, 4.69) is 5.32 Å². The Morgan fingerprint density at radius 3 is 2.48 bits per heavy atom. The average molecular weight is 322 g/mol. The third-order valence-electron chi connectivity index (χ3n) is 3.37. The second-order valence-electron chi connectivity index (χ2n) is 4.84. The third-order valence-corrected chi connectivity index (χ3v) is 3.37. The number of amides is 3. The number of esters is 1. The smallest absolute Gasteiger partial charge is 0.339 e. The monoisotopic (exact) mass is 322 g/mol. The fourth-order valence-corrected chi connectivity index (χ4v) is 2.14. The second kappa shape index (κ2) is 6.99. The Bertz CT molecular complexity index is 630. The number of nitrogens with zero attached hydrogens (tertiary/aromatic N) is 1. The highest BCUT2D eigenvalue weighted by molar-refractivity contribution is 5.99. The molecule has 1 aliphatic rings. The topological polar surface area (TPSA) is 94.2 Å². The van der Waals surface area contributed by atoms with E-state index in [0.717, 1.165) is 4.90 Å². The van der Waals surface area contributed by atoms with E-state index in [0.29, 0.717) is 18.0 Å².